The Morgan fingerprint density at radius 1 is 1.41 bits per heavy atom. The van der Waals surface area contributed by atoms with Gasteiger partial charge in [-0.2, -0.15) is 0 Å². The van der Waals surface area contributed by atoms with Crippen molar-refractivity contribution in [2.24, 2.45) is 5.73 Å². The summed E-state index contributed by atoms with van der Waals surface area (Å²) in [5.41, 5.74) is 5.82. The van der Waals surface area contributed by atoms with E-state index >= 15 is 0 Å². The number of rotatable bonds is 2. The van der Waals surface area contributed by atoms with Gasteiger partial charge in [-0.05, 0) is 35.2 Å². The van der Waals surface area contributed by atoms with E-state index < -0.39 is 0 Å². The van der Waals surface area contributed by atoms with Gasteiger partial charge in [-0.1, -0.05) is 12.8 Å². The molecule has 94 valence electrons. The van der Waals surface area contributed by atoms with Gasteiger partial charge in [-0.25, -0.2) is 4.98 Å². The van der Waals surface area contributed by atoms with Crippen molar-refractivity contribution in [3.05, 3.63) is 21.2 Å². The number of halogens is 1. The Morgan fingerprint density at radius 2 is 2.18 bits per heavy atom. The molecule has 6 heteroatoms. The molecular weight excluding hydrogens is 286 g/mol. The molecule has 0 aliphatic heterocycles. The fourth-order valence-electron chi connectivity index (χ4n) is 2.04. The van der Waals surface area contributed by atoms with E-state index in [1.54, 1.807) is 0 Å². The van der Waals surface area contributed by atoms with E-state index in [-0.39, 0.29) is 17.7 Å². The third-order valence-corrected chi connectivity index (χ3v) is 3.73. The minimum Gasteiger partial charge on any atom is -0.472 e. The van der Waals surface area contributed by atoms with Gasteiger partial charge in [-0.3, -0.25) is 4.79 Å². The average molecular weight is 302 g/mol. The van der Waals surface area contributed by atoms with Crippen LogP contribution in [0.15, 0.2) is 15.6 Å². The predicted octanol–water partition coefficient (Wildman–Crippen LogP) is 1.57. The fourth-order valence-corrected chi connectivity index (χ4v) is 2.35. The largest absolute Gasteiger partial charge is 0.472 e. The van der Waals surface area contributed by atoms with Crippen molar-refractivity contribution in [2.45, 2.75) is 44.2 Å². The van der Waals surface area contributed by atoms with Gasteiger partial charge in [0.1, 0.15) is 10.6 Å². The van der Waals surface area contributed by atoms with E-state index in [2.05, 4.69) is 25.9 Å². The van der Waals surface area contributed by atoms with Crippen LogP contribution in [-0.4, -0.2) is 22.1 Å². The van der Waals surface area contributed by atoms with Crippen LogP contribution in [0.25, 0.3) is 0 Å². The molecule has 1 fully saturated rings. The van der Waals surface area contributed by atoms with Crippen LogP contribution < -0.4 is 16.0 Å². The highest BCUT2D eigenvalue weighted by Crippen LogP contribution is 2.24. The number of ether oxygens (including phenoxy) is 1. The molecule has 1 aromatic rings. The SMILES string of the molecule is NC1CCCCCC1Oc1nc[nH]c(=O)c1Br. The Hall–Kier alpha value is -0.880. The third kappa shape index (κ3) is 3.07. The number of nitrogens with two attached hydrogens (primary N) is 1. The van der Waals surface area contributed by atoms with Crippen LogP contribution in [0.3, 0.4) is 0 Å². The van der Waals surface area contributed by atoms with Crippen molar-refractivity contribution in [3.63, 3.8) is 0 Å². The maximum absolute atomic E-state index is 11.4. The zero-order valence-electron chi connectivity index (χ0n) is 9.49. The van der Waals surface area contributed by atoms with Crippen molar-refractivity contribution >= 4 is 15.9 Å². The van der Waals surface area contributed by atoms with E-state index in [0.717, 1.165) is 25.7 Å². The van der Waals surface area contributed by atoms with E-state index in [1.165, 1.54) is 12.7 Å². The van der Waals surface area contributed by atoms with Gasteiger partial charge in [-0.15, -0.1) is 0 Å². The molecule has 0 amide bonds. The molecule has 2 unspecified atom stereocenters. The maximum Gasteiger partial charge on any atom is 0.268 e. The van der Waals surface area contributed by atoms with E-state index in [9.17, 15) is 4.79 Å². The summed E-state index contributed by atoms with van der Waals surface area (Å²) >= 11 is 3.17. The molecule has 2 rings (SSSR count). The lowest BCUT2D eigenvalue weighted by Gasteiger charge is -2.22. The molecule has 1 aliphatic rings. The van der Waals surface area contributed by atoms with Gasteiger partial charge in [0.15, 0.2) is 0 Å². The quantitative estimate of drug-likeness (QED) is 0.813. The van der Waals surface area contributed by atoms with Gasteiger partial charge in [0.25, 0.3) is 5.56 Å². The summed E-state index contributed by atoms with van der Waals surface area (Å²) in [5, 5.41) is 0. The van der Waals surface area contributed by atoms with E-state index in [1.807, 2.05) is 0 Å². The topological polar surface area (TPSA) is 81.0 Å². The second-order valence-electron chi connectivity index (χ2n) is 4.31. The molecule has 3 N–H and O–H groups in total. The Balaban J connectivity index is 2.13. The molecule has 0 spiro atoms. The lowest BCUT2D eigenvalue weighted by molar-refractivity contribution is 0.154. The number of hydrogen-bond acceptors (Lipinski definition) is 4. The maximum atomic E-state index is 11.4. The number of aromatic amines is 1. The van der Waals surface area contributed by atoms with Gasteiger partial charge < -0.3 is 15.5 Å². The van der Waals surface area contributed by atoms with Crippen molar-refractivity contribution < 1.29 is 4.74 Å². The molecule has 5 nitrogen and oxygen atoms in total. The normalized spacial score (nSPS) is 25.3. The summed E-state index contributed by atoms with van der Waals surface area (Å²) in [6.07, 6.45) is 6.61. The van der Waals surface area contributed by atoms with Crippen LogP contribution in [0.5, 0.6) is 5.88 Å². The molecule has 1 saturated carbocycles. The molecule has 0 radical (unpaired) electrons. The molecule has 0 bridgehead atoms. The Kier molecular flexibility index (Phi) is 4.17. The zero-order valence-corrected chi connectivity index (χ0v) is 11.1. The molecule has 17 heavy (non-hydrogen) atoms. The highest BCUT2D eigenvalue weighted by molar-refractivity contribution is 9.10. The van der Waals surface area contributed by atoms with Gasteiger partial charge in [0.05, 0.1) is 6.33 Å². The summed E-state index contributed by atoms with van der Waals surface area (Å²) in [6.45, 7) is 0. The zero-order chi connectivity index (χ0) is 12.3. The van der Waals surface area contributed by atoms with Gasteiger partial charge >= 0.3 is 0 Å². The minimum absolute atomic E-state index is 0.0190. The lowest BCUT2D eigenvalue weighted by Crippen LogP contribution is -2.38. The molecule has 2 atom stereocenters. The fraction of sp³-hybridized carbons (Fsp3) is 0.636. The number of nitrogens with zero attached hydrogens (tertiary/aromatic N) is 1. The standard InChI is InChI=1S/C11H16BrN3O2/c12-9-10(16)14-6-15-11(9)17-8-5-3-1-2-4-7(8)13/h6-8H,1-5,13H2,(H,14,15,16). The molecule has 0 aromatic carbocycles. The minimum atomic E-state index is -0.239. The Labute approximate surface area is 108 Å². The first-order chi connectivity index (χ1) is 8.18. The number of H-pyrrole nitrogens is 1. The number of nitrogens with one attached hydrogen (secondary N) is 1. The third-order valence-electron chi connectivity index (χ3n) is 3.03. The van der Waals surface area contributed by atoms with Crippen molar-refractivity contribution in [3.8, 4) is 5.88 Å². The van der Waals surface area contributed by atoms with Crippen molar-refractivity contribution in [1.82, 2.24) is 9.97 Å². The van der Waals surface area contributed by atoms with E-state index in [0.29, 0.717) is 10.4 Å². The summed E-state index contributed by atoms with van der Waals surface area (Å²) in [5.74, 6) is 0.330. The highest BCUT2D eigenvalue weighted by Gasteiger charge is 2.23. The van der Waals surface area contributed by atoms with Crippen LogP contribution in [0.1, 0.15) is 32.1 Å². The van der Waals surface area contributed by atoms with Crippen LogP contribution >= 0.6 is 15.9 Å². The Morgan fingerprint density at radius 3 is 3.00 bits per heavy atom. The summed E-state index contributed by atoms with van der Waals surface area (Å²) < 4.78 is 6.09. The average Bonchev–Trinajstić information content (AvgIpc) is 2.51. The monoisotopic (exact) mass is 301 g/mol. The highest BCUT2D eigenvalue weighted by atomic mass is 79.9. The molecule has 1 aliphatic carbocycles. The second-order valence-corrected chi connectivity index (χ2v) is 5.10. The molecule has 1 aromatic heterocycles. The number of aromatic nitrogens is 2. The van der Waals surface area contributed by atoms with Crippen LogP contribution in [-0.2, 0) is 0 Å². The lowest BCUT2D eigenvalue weighted by atomic mass is 10.1. The van der Waals surface area contributed by atoms with Crippen LogP contribution in [0, 0.1) is 0 Å². The summed E-state index contributed by atoms with van der Waals surface area (Å²) in [7, 11) is 0. The molecule has 1 heterocycles. The first-order valence-corrected chi connectivity index (χ1v) is 6.63. The van der Waals surface area contributed by atoms with Crippen LogP contribution in [0.4, 0.5) is 0 Å². The van der Waals surface area contributed by atoms with Crippen LogP contribution in [0.2, 0.25) is 0 Å². The summed E-state index contributed by atoms with van der Waals surface area (Å²) in [4.78, 5) is 17.9. The Bertz CT molecular complexity index is 435. The van der Waals surface area contributed by atoms with Gasteiger partial charge in [0, 0.05) is 6.04 Å². The van der Waals surface area contributed by atoms with E-state index in [4.69, 9.17) is 10.5 Å². The first kappa shape index (κ1) is 12.6. The van der Waals surface area contributed by atoms with Gasteiger partial charge in [0.2, 0.25) is 5.88 Å². The predicted molar refractivity (Wildman–Crippen MR) is 68.0 cm³/mol. The summed E-state index contributed by atoms with van der Waals surface area (Å²) in [6, 6.07) is 0.0190. The van der Waals surface area contributed by atoms with Crippen molar-refractivity contribution in [1.29, 1.82) is 0 Å². The first-order valence-electron chi connectivity index (χ1n) is 5.84. The van der Waals surface area contributed by atoms with Crippen molar-refractivity contribution in [2.75, 3.05) is 0 Å². The second kappa shape index (κ2) is 5.64. The number of hydrogen-bond donors (Lipinski definition) is 2. The molecular formula is C11H16BrN3O2. The molecule has 0 saturated heterocycles. The smallest absolute Gasteiger partial charge is 0.268 e.